The van der Waals surface area contributed by atoms with Crippen molar-refractivity contribution in [3.63, 3.8) is 0 Å². The number of hydrogen-bond acceptors (Lipinski definition) is 3. The van der Waals surface area contributed by atoms with Crippen LogP contribution in [0, 0.1) is 5.92 Å². The van der Waals surface area contributed by atoms with Gasteiger partial charge in [-0.2, -0.15) is 0 Å². The van der Waals surface area contributed by atoms with Crippen LogP contribution in [0.2, 0.25) is 0 Å². The largest absolute Gasteiger partial charge is 0.466 e. The van der Waals surface area contributed by atoms with Gasteiger partial charge >= 0.3 is 5.97 Å². The van der Waals surface area contributed by atoms with Gasteiger partial charge in [-0.1, -0.05) is 30.3 Å². The third kappa shape index (κ3) is 5.27. The van der Waals surface area contributed by atoms with Crippen LogP contribution in [-0.2, 0) is 16.0 Å². The molecular formula is C18H27N3O2. The molecule has 0 aromatic heterocycles. The van der Waals surface area contributed by atoms with Crippen molar-refractivity contribution in [1.82, 2.24) is 10.2 Å². The summed E-state index contributed by atoms with van der Waals surface area (Å²) >= 11 is 0. The summed E-state index contributed by atoms with van der Waals surface area (Å²) in [7, 11) is 1.79. The van der Waals surface area contributed by atoms with Crippen LogP contribution >= 0.6 is 0 Å². The quantitative estimate of drug-likeness (QED) is 0.513. The molecule has 1 aliphatic heterocycles. The molecule has 0 aliphatic carbocycles. The SMILES string of the molecule is CCOC(=O)C1CCCN(C(=NC)NCCc2ccccc2)C1. The third-order valence-corrected chi connectivity index (χ3v) is 4.09. The first-order chi connectivity index (χ1) is 11.2. The molecular weight excluding hydrogens is 290 g/mol. The zero-order chi connectivity index (χ0) is 16.5. The molecule has 23 heavy (non-hydrogen) atoms. The van der Waals surface area contributed by atoms with E-state index in [1.165, 1.54) is 5.56 Å². The first kappa shape index (κ1) is 17.3. The Kier molecular flexibility index (Phi) is 6.91. The maximum absolute atomic E-state index is 11.9. The lowest BCUT2D eigenvalue weighted by Gasteiger charge is -2.34. The molecule has 0 radical (unpaired) electrons. The predicted octanol–water partition coefficient (Wildman–Crippen LogP) is 2.08. The number of aliphatic imine (C=N–C) groups is 1. The Hall–Kier alpha value is -2.04. The summed E-state index contributed by atoms with van der Waals surface area (Å²) in [5.41, 5.74) is 1.30. The molecule has 1 N–H and O–H groups in total. The summed E-state index contributed by atoms with van der Waals surface area (Å²) in [6, 6.07) is 10.4. The van der Waals surface area contributed by atoms with Crippen LogP contribution < -0.4 is 5.32 Å². The van der Waals surface area contributed by atoms with Gasteiger partial charge in [0.05, 0.1) is 12.5 Å². The molecule has 2 rings (SSSR count). The molecule has 5 heteroatoms. The Balaban J connectivity index is 1.84. The number of nitrogens with zero attached hydrogens (tertiary/aromatic N) is 2. The third-order valence-electron chi connectivity index (χ3n) is 4.09. The van der Waals surface area contributed by atoms with Crippen molar-refractivity contribution in [2.45, 2.75) is 26.2 Å². The van der Waals surface area contributed by atoms with Gasteiger partial charge in [-0.25, -0.2) is 0 Å². The smallest absolute Gasteiger partial charge is 0.310 e. The number of hydrogen-bond donors (Lipinski definition) is 1. The van der Waals surface area contributed by atoms with Gasteiger partial charge < -0.3 is 15.0 Å². The predicted molar refractivity (Wildman–Crippen MR) is 92.4 cm³/mol. The van der Waals surface area contributed by atoms with Crippen molar-refractivity contribution in [3.8, 4) is 0 Å². The molecule has 5 nitrogen and oxygen atoms in total. The van der Waals surface area contributed by atoms with Gasteiger partial charge in [0.25, 0.3) is 0 Å². The molecule has 1 saturated heterocycles. The summed E-state index contributed by atoms with van der Waals surface area (Å²) in [5.74, 6) is 0.739. The molecule has 0 bridgehead atoms. The van der Waals surface area contributed by atoms with E-state index in [0.29, 0.717) is 13.2 Å². The number of nitrogens with one attached hydrogen (secondary N) is 1. The van der Waals surface area contributed by atoms with Gasteiger partial charge in [0.1, 0.15) is 0 Å². The minimum Gasteiger partial charge on any atom is -0.466 e. The van der Waals surface area contributed by atoms with Gasteiger partial charge in [-0.3, -0.25) is 9.79 Å². The summed E-state index contributed by atoms with van der Waals surface area (Å²) in [6.45, 7) is 4.74. The number of guanidine groups is 1. The second-order valence-electron chi connectivity index (χ2n) is 5.75. The number of piperidine rings is 1. The molecule has 0 spiro atoms. The van der Waals surface area contributed by atoms with Gasteiger partial charge in [0.2, 0.25) is 0 Å². The van der Waals surface area contributed by atoms with E-state index < -0.39 is 0 Å². The fraction of sp³-hybridized carbons (Fsp3) is 0.556. The van der Waals surface area contributed by atoms with Crippen molar-refractivity contribution in [3.05, 3.63) is 35.9 Å². The molecule has 1 aromatic carbocycles. The normalized spacial score (nSPS) is 18.6. The highest BCUT2D eigenvalue weighted by Gasteiger charge is 2.28. The lowest BCUT2D eigenvalue weighted by atomic mass is 9.98. The second-order valence-corrected chi connectivity index (χ2v) is 5.75. The highest BCUT2D eigenvalue weighted by Crippen LogP contribution is 2.18. The Morgan fingerprint density at radius 1 is 1.39 bits per heavy atom. The standard InChI is InChI=1S/C18H27N3O2/c1-3-23-17(22)16-10-7-13-21(14-16)18(19-2)20-12-11-15-8-5-4-6-9-15/h4-6,8-9,16H,3,7,10-14H2,1-2H3,(H,19,20). The Morgan fingerprint density at radius 2 is 2.17 bits per heavy atom. The van der Waals surface area contributed by atoms with Crippen molar-refractivity contribution in [2.24, 2.45) is 10.9 Å². The van der Waals surface area contributed by atoms with Crippen molar-refractivity contribution in [2.75, 3.05) is 33.3 Å². The summed E-state index contributed by atoms with van der Waals surface area (Å²) in [6.07, 6.45) is 2.84. The number of rotatable bonds is 5. The molecule has 0 saturated carbocycles. The molecule has 1 fully saturated rings. The number of carbonyl (C=O) groups is 1. The molecule has 1 unspecified atom stereocenters. The summed E-state index contributed by atoms with van der Waals surface area (Å²) in [4.78, 5) is 18.5. The molecule has 0 amide bonds. The highest BCUT2D eigenvalue weighted by atomic mass is 16.5. The minimum absolute atomic E-state index is 0.0450. The van der Waals surface area contributed by atoms with Crippen molar-refractivity contribution < 1.29 is 9.53 Å². The number of likely N-dealkylation sites (tertiary alicyclic amines) is 1. The highest BCUT2D eigenvalue weighted by molar-refractivity contribution is 5.81. The lowest BCUT2D eigenvalue weighted by Crippen LogP contribution is -2.48. The van der Waals surface area contributed by atoms with E-state index in [1.54, 1.807) is 7.05 Å². The maximum atomic E-state index is 11.9. The maximum Gasteiger partial charge on any atom is 0.310 e. The molecule has 1 atom stereocenters. The first-order valence-corrected chi connectivity index (χ1v) is 8.40. The number of benzene rings is 1. The van der Waals surface area contributed by atoms with E-state index in [0.717, 1.165) is 38.3 Å². The number of carbonyl (C=O) groups excluding carboxylic acids is 1. The van der Waals surface area contributed by atoms with Crippen LogP contribution in [0.5, 0.6) is 0 Å². The lowest BCUT2D eigenvalue weighted by molar-refractivity contribution is -0.149. The minimum atomic E-state index is -0.0862. The van der Waals surface area contributed by atoms with Gasteiger partial charge in [0, 0.05) is 26.7 Å². The van der Waals surface area contributed by atoms with E-state index in [2.05, 4.69) is 39.5 Å². The summed E-state index contributed by atoms with van der Waals surface area (Å²) in [5, 5.41) is 3.40. The van der Waals surface area contributed by atoms with Crippen molar-refractivity contribution >= 4 is 11.9 Å². The number of esters is 1. The van der Waals surface area contributed by atoms with Gasteiger partial charge in [-0.15, -0.1) is 0 Å². The topological polar surface area (TPSA) is 53.9 Å². The molecule has 1 aromatic rings. The average Bonchev–Trinajstić information content (AvgIpc) is 2.60. The Labute approximate surface area is 138 Å². The van der Waals surface area contributed by atoms with E-state index in [9.17, 15) is 4.79 Å². The molecule has 1 aliphatic rings. The first-order valence-electron chi connectivity index (χ1n) is 8.40. The Bertz CT molecular complexity index is 516. The van der Waals surface area contributed by atoms with Crippen LogP contribution in [0.1, 0.15) is 25.3 Å². The van der Waals surface area contributed by atoms with Crippen LogP contribution in [0.4, 0.5) is 0 Å². The van der Waals surface area contributed by atoms with Crippen LogP contribution in [0.25, 0.3) is 0 Å². The van der Waals surface area contributed by atoms with Crippen LogP contribution in [0.3, 0.4) is 0 Å². The fourth-order valence-corrected chi connectivity index (χ4v) is 2.92. The number of ether oxygens (including phenoxy) is 1. The van der Waals surface area contributed by atoms with Crippen LogP contribution in [-0.4, -0.2) is 50.1 Å². The van der Waals surface area contributed by atoms with Gasteiger partial charge in [-0.05, 0) is 31.7 Å². The monoisotopic (exact) mass is 317 g/mol. The van der Waals surface area contributed by atoms with E-state index >= 15 is 0 Å². The average molecular weight is 317 g/mol. The second kappa shape index (κ2) is 9.18. The molecule has 126 valence electrons. The molecule has 1 heterocycles. The van der Waals surface area contributed by atoms with E-state index in [-0.39, 0.29) is 11.9 Å². The van der Waals surface area contributed by atoms with E-state index in [1.807, 2.05) is 13.0 Å². The van der Waals surface area contributed by atoms with E-state index in [4.69, 9.17) is 4.74 Å². The van der Waals surface area contributed by atoms with Gasteiger partial charge in [0.15, 0.2) is 5.96 Å². The zero-order valence-corrected chi connectivity index (χ0v) is 14.1. The fourth-order valence-electron chi connectivity index (χ4n) is 2.92. The van der Waals surface area contributed by atoms with Crippen LogP contribution in [0.15, 0.2) is 35.3 Å². The zero-order valence-electron chi connectivity index (χ0n) is 14.1. The Morgan fingerprint density at radius 3 is 2.87 bits per heavy atom. The summed E-state index contributed by atoms with van der Waals surface area (Å²) < 4.78 is 5.16. The van der Waals surface area contributed by atoms with Crippen molar-refractivity contribution in [1.29, 1.82) is 0 Å².